The van der Waals surface area contributed by atoms with Gasteiger partial charge >= 0.3 is 0 Å². The predicted molar refractivity (Wildman–Crippen MR) is 71.8 cm³/mol. The second-order valence-corrected chi connectivity index (χ2v) is 3.89. The van der Waals surface area contributed by atoms with Gasteiger partial charge in [0.15, 0.2) is 11.5 Å². The van der Waals surface area contributed by atoms with Crippen molar-refractivity contribution in [1.82, 2.24) is 15.0 Å². The summed E-state index contributed by atoms with van der Waals surface area (Å²) in [6.45, 7) is 0. The molecule has 0 saturated carbocycles. The molecule has 2 heterocycles. The molecule has 5 heteroatoms. The van der Waals surface area contributed by atoms with Crippen molar-refractivity contribution in [2.75, 3.05) is 5.32 Å². The Morgan fingerprint density at radius 3 is 2.84 bits per heavy atom. The maximum absolute atomic E-state index is 9.00. The molecule has 3 rings (SSSR count). The number of benzene rings is 1. The normalized spacial score (nSPS) is 10.1. The first kappa shape index (κ1) is 11.1. The Kier molecular flexibility index (Phi) is 2.75. The molecule has 0 saturated heterocycles. The number of hydrogen-bond acceptors (Lipinski definition) is 5. The highest BCUT2D eigenvalue weighted by Gasteiger charge is 2.06. The zero-order chi connectivity index (χ0) is 13.1. The Hall–Kier alpha value is -3.00. The summed E-state index contributed by atoms with van der Waals surface area (Å²) < 4.78 is 0. The smallest absolute Gasteiger partial charge is 0.183 e. The van der Waals surface area contributed by atoms with E-state index in [2.05, 4.69) is 20.3 Å². The number of aromatic nitrogens is 3. The summed E-state index contributed by atoms with van der Waals surface area (Å²) >= 11 is 0. The van der Waals surface area contributed by atoms with E-state index >= 15 is 0 Å². The van der Waals surface area contributed by atoms with Gasteiger partial charge in [-0.05, 0) is 17.5 Å². The molecule has 0 atom stereocenters. The van der Waals surface area contributed by atoms with Crippen molar-refractivity contribution in [3.05, 3.63) is 54.7 Å². The van der Waals surface area contributed by atoms with Crippen LogP contribution >= 0.6 is 0 Å². The summed E-state index contributed by atoms with van der Waals surface area (Å²) in [7, 11) is 0. The molecule has 3 aromatic rings. The van der Waals surface area contributed by atoms with Gasteiger partial charge in [0.05, 0.1) is 0 Å². The Morgan fingerprint density at radius 1 is 1.05 bits per heavy atom. The minimum Gasteiger partial charge on any atom is -0.337 e. The molecule has 90 valence electrons. The lowest BCUT2D eigenvalue weighted by Crippen LogP contribution is -1.99. The first-order valence-electron chi connectivity index (χ1n) is 5.69. The third-order valence-corrected chi connectivity index (χ3v) is 2.74. The summed E-state index contributed by atoms with van der Waals surface area (Å²) in [6, 6.07) is 9.80. The molecule has 0 spiro atoms. The van der Waals surface area contributed by atoms with Gasteiger partial charge in [-0.15, -0.1) is 0 Å². The van der Waals surface area contributed by atoms with E-state index in [-0.39, 0.29) is 5.69 Å². The lowest BCUT2D eigenvalue weighted by molar-refractivity contribution is 1.16. The quantitative estimate of drug-likeness (QED) is 0.753. The molecule has 0 radical (unpaired) electrons. The van der Waals surface area contributed by atoms with Crippen LogP contribution in [0.2, 0.25) is 0 Å². The van der Waals surface area contributed by atoms with Crippen molar-refractivity contribution in [3.63, 3.8) is 0 Å². The van der Waals surface area contributed by atoms with Gasteiger partial charge in [-0.1, -0.05) is 12.1 Å². The molecule has 1 N–H and O–H groups in total. The number of nitrogens with one attached hydrogen (secondary N) is 1. The fourth-order valence-electron chi connectivity index (χ4n) is 1.86. The van der Waals surface area contributed by atoms with Gasteiger partial charge in [0.1, 0.15) is 6.07 Å². The van der Waals surface area contributed by atoms with Crippen LogP contribution in [-0.4, -0.2) is 15.0 Å². The van der Waals surface area contributed by atoms with Crippen molar-refractivity contribution in [2.24, 2.45) is 0 Å². The molecule has 1 aromatic carbocycles. The molecular formula is C14H9N5. The summed E-state index contributed by atoms with van der Waals surface area (Å²) in [4.78, 5) is 12.2. The van der Waals surface area contributed by atoms with Crippen LogP contribution in [0.1, 0.15) is 5.69 Å². The van der Waals surface area contributed by atoms with Gasteiger partial charge in [-0.25, -0.2) is 9.97 Å². The summed E-state index contributed by atoms with van der Waals surface area (Å²) in [5.74, 6) is 0.446. The molecule has 0 bridgehead atoms. The standard InChI is InChI=1S/C14H9N5/c15-8-13-14(18-7-6-17-13)19-12-3-1-2-10-4-5-16-9-11(10)12/h1-7,9H,(H,18,19). The molecule has 0 aliphatic rings. The third kappa shape index (κ3) is 2.07. The van der Waals surface area contributed by atoms with E-state index in [1.165, 1.54) is 6.20 Å². The molecule has 2 aromatic heterocycles. The molecule has 19 heavy (non-hydrogen) atoms. The average molecular weight is 247 g/mol. The van der Waals surface area contributed by atoms with E-state index in [1.807, 2.05) is 30.3 Å². The van der Waals surface area contributed by atoms with Crippen molar-refractivity contribution < 1.29 is 0 Å². The SMILES string of the molecule is N#Cc1nccnc1Nc1cccc2ccncc12. The first-order valence-corrected chi connectivity index (χ1v) is 5.69. The van der Waals surface area contributed by atoms with Crippen molar-refractivity contribution in [2.45, 2.75) is 0 Å². The van der Waals surface area contributed by atoms with Crippen LogP contribution in [0.25, 0.3) is 10.8 Å². The summed E-state index contributed by atoms with van der Waals surface area (Å²) in [5, 5.41) is 14.2. The highest BCUT2D eigenvalue weighted by molar-refractivity contribution is 5.94. The van der Waals surface area contributed by atoms with E-state index in [0.29, 0.717) is 5.82 Å². The number of fused-ring (bicyclic) bond motifs is 1. The van der Waals surface area contributed by atoms with Gasteiger partial charge in [-0.3, -0.25) is 4.98 Å². The molecule has 0 aliphatic carbocycles. The minimum absolute atomic E-state index is 0.267. The monoisotopic (exact) mass is 247 g/mol. The Balaban J connectivity index is 2.09. The zero-order valence-corrected chi connectivity index (χ0v) is 9.91. The van der Waals surface area contributed by atoms with Crippen LogP contribution in [0.15, 0.2) is 49.1 Å². The van der Waals surface area contributed by atoms with Crippen LogP contribution < -0.4 is 5.32 Å². The van der Waals surface area contributed by atoms with Crippen LogP contribution in [0.4, 0.5) is 11.5 Å². The minimum atomic E-state index is 0.267. The van der Waals surface area contributed by atoms with Crippen molar-refractivity contribution in [3.8, 4) is 6.07 Å². The van der Waals surface area contributed by atoms with Gasteiger partial charge < -0.3 is 5.32 Å². The Morgan fingerprint density at radius 2 is 1.95 bits per heavy atom. The lowest BCUT2D eigenvalue weighted by atomic mass is 10.1. The number of pyridine rings is 1. The van der Waals surface area contributed by atoms with Crippen LogP contribution in [0.5, 0.6) is 0 Å². The summed E-state index contributed by atoms with van der Waals surface area (Å²) in [5.41, 5.74) is 1.12. The van der Waals surface area contributed by atoms with E-state index in [4.69, 9.17) is 5.26 Å². The van der Waals surface area contributed by atoms with Crippen molar-refractivity contribution in [1.29, 1.82) is 5.26 Å². The highest BCUT2D eigenvalue weighted by atomic mass is 15.0. The predicted octanol–water partition coefficient (Wildman–Crippen LogP) is 2.64. The van der Waals surface area contributed by atoms with E-state index in [9.17, 15) is 0 Å². The van der Waals surface area contributed by atoms with Gasteiger partial charge in [0, 0.05) is 35.9 Å². The largest absolute Gasteiger partial charge is 0.337 e. The second-order valence-electron chi connectivity index (χ2n) is 3.89. The molecule has 5 nitrogen and oxygen atoms in total. The number of nitrogens with zero attached hydrogens (tertiary/aromatic N) is 4. The van der Waals surface area contributed by atoms with Crippen molar-refractivity contribution >= 4 is 22.3 Å². The van der Waals surface area contributed by atoms with Crippen LogP contribution in [0, 0.1) is 11.3 Å². The zero-order valence-electron chi connectivity index (χ0n) is 9.91. The Bertz CT molecular complexity index is 771. The number of hydrogen-bond donors (Lipinski definition) is 1. The molecule has 0 aliphatic heterocycles. The second kappa shape index (κ2) is 4.70. The fourth-order valence-corrected chi connectivity index (χ4v) is 1.86. The lowest BCUT2D eigenvalue weighted by Gasteiger charge is -2.09. The van der Waals surface area contributed by atoms with E-state index < -0.39 is 0 Å². The number of anilines is 2. The van der Waals surface area contributed by atoms with Crippen LogP contribution in [-0.2, 0) is 0 Å². The Labute approximate surface area is 109 Å². The molecule has 0 amide bonds. The highest BCUT2D eigenvalue weighted by Crippen LogP contribution is 2.25. The average Bonchev–Trinajstić information content (AvgIpc) is 2.48. The summed E-state index contributed by atoms with van der Waals surface area (Å²) in [6.07, 6.45) is 6.57. The maximum Gasteiger partial charge on any atom is 0.183 e. The van der Waals surface area contributed by atoms with E-state index in [0.717, 1.165) is 16.5 Å². The van der Waals surface area contributed by atoms with Crippen LogP contribution in [0.3, 0.4) is 0 Å². The molecule has 0 fully saturated rings. The topological polar surface area (TPSA) is 74.5 Å². The van der Waals surface area contributed by atoms with Gasteiger partial charge in [0.2, 0.25) is 0 Å². The van der Waals surface area contributed by atoms with Gasteiger partial charge in [-0.2, -0.15) is 5.26 Å². The number of nitriles is 1. The first-order chi connectivity index (χ1) is 9.38. The van der Waals surface area contributed by atoms with Gasteiger partial charge in [0.25, 0.3) is 0 Å². The maximum atomic E-state index is 9.00. The molecule has 0 unspecified atom stereocenters. The van der Waals surface area contributed by atoms with E-state index in [1.54, 1.807) is 18.6 Å². The molecular weight excluding hydrogens is 238 g/mol. The third-order valence-electron chi connectivity index (χ3n) is 2.74. The fraction of sp³-hybridized carbons (Fsp3) is 0. The number of rotatable bonds is 2.